The smallest absolute Gasteiger partial charge is 0.263 e. The fourth-order valence-electron chi connectivity index (χ4n) is 4.37. The maximum atomic E-state index is 12.7. The Balaban J connectivity index is 1.78. The molecule has 0 unspecified atom stereocenters. The lowest BCUT2D eigenvalue weighted by Gasteiger charge is -2.49. The number of H-pyrrole nitrogens is 1. The van der Waals surface area contributed by atoms with Crippen LogP contribution in [-0.2, 0) is 0 Å². The summed E-state index contributed by atoms with van der Waals surface area (Å²) in [5.41, 5.74) is -0.153. The highest BCUT2D eigenvalue weighted by Gasteiger charge is 2.40. The highest BCUT2D eigenvalue weighted by Crippen LogP contribution is 2.36. The molecule has 6 nitrogen and oxygen atoms in total. The van der Waals surface area contributed by atoms with Gasteiger partial charge in [-0.1, -0.05) is 25.7 Å². The van der Waals surface area contributed by atoms with Crippen LogP contribution < -0.4 is 5.56 Å². The summed E-state index contributed by atoms with van der Waals surface area (Å²) in [5.74, 6) is -0.230. The van der Waals surface area contributed by atoms with E-state index in [4.69, 9.17) is 0 Å². The van der Waals surface area contributed by atoms with E-state index < -0.39 is 0 Å². The van der Waals surface area contributed by atoms with Gasteiger partial charge in [-0.25, -0.2) is 4.98 Å². The predicted octanol–water partition coefficient (Wildman–Crippen LogP) is 2.03. The van der Waals surface area contributed by atoms with Gasteiger partial charge in [-0.2, -0.15) is 0 Å². The van der Waals surface area contributed by atoms with E-state index in [2.05, 4.69) is 14.9 Å². The van der Waals surface area contributed by atoms with Crippen LogP contribution in [0.2, 0.25) is 0 Å². The fraction of sp³-hybridized carbons (Fsp3) is 0.722. The zero-order valence-electron chi connectivity index (χ0n) is 14.6. The number of hydrogen-bond donors (Lipinski definition) is 1. The zero-order chi connectivity index (χ0) is 17.0. The minimum absolute atomic E-state index is 0.0814. The standard InChI is InChI=1S/C18H28N4O2/c1-21(17(24)15-12-19-14-20-16(15)23)13-18(8-4-2-5-9-18)22-10-6-3-7-11-22/h12,14H,2-11,13H2,1H3,(H,19,20,23). The molecule has 132 valence electrons. The maximum Gasteiger partial charge on any atom is 0.263 e. The van der Waals surface area contributed by atoms with Gasteiger partial charge < -0.3 is 9.88 Å². The monoisotopic (exact) mass is 332 g/mol. The number of aromatic nitrogens is 2. The number of nitrogens with one attached hydrogen (secondary N) is 1. The minimum atomic E-state index is -0.363. The summed E-state index contributed by atoms with van der Waals surface area (Å²) < 4.78 is 0. The minimum Gasteiger partial charge on any atom is -0.340 e. The van der Waals surface area contributed by atoms with Crippen LogP contribution in [0.3, 0.4) is 0 Å². The summed E-state index contributed by atoms with van der Waals surface area (Å²) in [6.45, 7) is 2.96. The quantitative estimate of drug-likeness (QED) is 0.916. The first-order valence-corrected chi connectivity index (χ1v) is 9.16. The van der Waals surface area contributed by atoms with Crippen molar-refractivity contribution in [3.8, 4) is 0 Å². The van der Waals surface area contributed by atoms with Crippen LogP contribution in [0.25, 0.3) is 0 Å². The SMILES string of the molecule is CN(CC1(N2CCCCC2)CCCCC1)C(=O)c1cnc[nH]c1=O. The van der Waals surface area contributed by atoms with E-state index >= 15 is 0 Å². The van der Waals surface area contributed by atoms with Gasteiger partial charge in [0.05, 0.1) is 6.33 Å². The predicted molar refractivity (Wildman–Crippen MR) is 93.1 cm³/mol. The van der Waals surface area contributed by atoms with Crippen molar-refractivity contribution in [2.24, 2.45) is 0 Å². The van der Waals surface area contributed by atoms with Gasteiger partial charge in [-0.3, -0.25) is 14.5 Å². The molecule has 6 heteroatoms. The number of rotatable bonds is 4. The Hall–Kier alpha value is -1.69. The van der Waals surface area contributed by atoms with Gasteiger partial charge in [-0.15, -0.1) is 0 Å². The molecule has 1 saturated heterocycles. The van der Waals surface area contributed by atoms with E-state index in [9.17, 15) is 9.59 Å². The van der Waals surface area contributed by atoms with Crippen molar-refractivity contribution in [2.45, 2.75) is 56.9 Å². The molecule has 2 heterocycles. The first-order chi connectivity index (χ1) is 11.6. The third-order valence-electron chi connectivity index (χ3n) is 5.64. The number of likely N-dealkylation sites (tertiary alicyclic amines) is 1. The van der Waals surface area contributed by atoms with Gasteiger partial charge in [-0.05, 0) is 38.8 Å². The van der Waals surface area contributed by atoms with Crippen molar-refractivity contribution >= 4 is 5.91 Å². The molecular weight excluding hydrogens is 304 g/mol. The normalized spacial score (nSPS) is 21.4. The Morgan fingerprint density at radius 1 is 1.21 bits per heavy atom. The van der Waals surface area contributed by atoms with Crippen LogP contribution in [0, 0.1) is 0 Å². The lowest BCUT2D eigenvalue weighted by atomic mass is 9.78. The van der Waals surface area contributed by atoms with Crippen LogP contribution in [-0.4, -0.2) is 57.9 Å². The van der Waals surface area contributed by atoms with Crippen LogP contribution in [0.15, 0.2) is 17.3 Å². The lowest BCUT2D eigenvalue weighted by molar-refractivity contribution is 0.00984. The van der Waals surface area contributed by atoms with Crippen LogP contribution in [0.5, 0.6) is 0 Å². The summed E-state index contributed by atoms with van der Waals surface area (Å²) >= 11 is 0. The molecule has 0 atom stereocenters. The Kier molecular flexibility index (Phi) is 5.33. The van der Waals surface area contributed by atoms with Crippen molar-refractivity contribution in [3.05, 3.63) is 28.4 Å². The summed E-state index contributed by atoms with van der Waals surface area (Å²) in [6.07, 6.45) is 12.5. The Morgan fingerprint density at radius 2 is 1.88 bits per heavy atom. The number of aromatic amines is 1. The lowest BCUT2D eigenvalue weighted by Crippen LogP contribution is -2.58. The number of carbonyl (C=O) groups excluding carboxylic acids is 1. The van der Waals surface area contributed by atoms with Crippen LogP contribution >= 0.6 is 0 Å². The first kappa shape index (κ1) is 17.1. The van der Waals surface area contributed by atoms with Crippen molar-refractivity contribution in [1.82, 2.24) is 19.8 Å². The number of piperidine rings is 1. The average molecular weight is 332 g/mol. The molecule has 0 spiro atoms. The molecule has 2 aliphatic rings. The second-order valence-electron chi connectivity index (χ2n) is 7.29. The molecule has 2 fully saturated rings. The number of likely N-dealkylation sites (N-methyl/N-ethyl adjacent to an activating group) is 1. The Bertz CT molecular complexity index is 615. The summed E-state index contributed by atoms with van der Waals surface area (Å²) in [4.78, 5) is 35.3. The number of nitrogens with zero attached hydrogens (tertiary/aromatic N) is 3. The second-order valence-corrected chi connectivity index (χ2v) is 7.29. The van der Waals surface area contributed by atoms with E-state index in [1.165, 1.54) is 51.0 Å². The van der Waals surface area contributed by atoms with E-state index in [-0.39, 0.29) is 22.6 Å². The molecule has 1 N–H and O–H groups in total. The Morgan fingerprint density at radius 3 is 2.54 bits per heavy atom. The van der Waals surface area contributed by atoms with Gasteiger partial charge in [0.1, 0.15) is 5.56 Å². The number of amides is 1. The van der Waals surface area contributed by atoms with Crippen LogP contribution in [0.4, 0.5) is 0 Å². The third kappa shape index (κ3) is 3.53. The molecule has 3 rings (SSSR count). The average Bonchev–Trinajstić information content (AvgIpc) is 2.63. The van der Waals surface area contributed by atoms with Gasteiger partial charge in [0.15, 0.2) is 0 Å². The zero-order valence-corrected chi connectivity index (χ0v) is 14.6. The number of carbonyl (C=O) groups is 1. The molecule has 1 aliphatic heterocycles. The Labute approximate surface area is 143 Å². The molecule has 24 heavy (non-hydrogen) atoms. The van der Waals surface area contributed by atoms with Crippen molar-refractivity contribution in [1.29, 1.82) is 0 Å². The van der Waals surface area contributed by atoms with Crippen molar-refractivity contribution in [3.63, 3.8) is 0 Å². The molecule has 1 aromatic rings. The molecular formula is C18H28N4O2. The van der Waals surface area contributed by atoms with Gasteiger partial charge in [0.2, 0.25) is 0 Å². The molecule has 0 bridgehead atoms. The highest BCUT2D eigenvalue weighted by molar-refractivity contribution is 5.93. The van der Waals surface area contributed by atoms with E-state index in [0.29, 0.717) is 6.54 Å². The van der Waals surface area contributed by atoms with Crippen molar-refractivity contribution < 1.29 is 4.79 Å². The van der Waals surface area contributed by atoms with E-state index in [1.807, 2.05) is 7.05 Å². The van der Waals surface area contributed by atoms with Gasteiger partial charge >= 0.3 is 0 Å². The molecule has 0 aromatic carbocycles. The molecule has 1 aliphatic carbocycles. The molecule has 1 saturated carbocycles. The van der Waals surface area contributed by atoms with E-state index in [1.54, 1.807) is 4.90 Å². The van der Waals surface area contributed by atoms with Crippen molar-refractivity contribution in [2.75, 3.05) is 26.7 Å². The molecule has 0 radical (unpaired) electrons. The molecule has 1 amide bonds. The maximum absolute atomic E-state index is 12.7. The number of hydrogen-bond acceptors (Lipinski definition) is 4. The van der Waals surface area contributed by atoms with Gasteiger partial charge in [0, 0.05) is 25.3 Å². The van der Waals surface area contributed by atoms with Crippen LogP contribution in [0.1, 0.15) is 61.7 Å². The summed E-state index contributed by atoms with van der Waals surface area (Å²) in [5, 5.41) is 0. The third-order valence-corrected chi connectivity index (χ3v) is 5.64. The fourth-order valence-corrected chi connectivity index (χ4v) is 4.37. The molecule has 1 aromatic heterocycles. The van der Waals surface area contributed by atoms with Gasteiger partial charge in [0.25, 0.3) is 11.5 Å². The first-order valence-electron chi connectivity index (χ1n) is 9.16. The summed E-state index contributed by atoms with van der Waals surface area (Å²) in [6, 6.07) is 0. The second kappa shape index (κ2) is 7.47. The highest BCUT2D eigenvalue weighted by atomic mass is 16.2. The topological polar surface area (TPSA) is 69.3 Å². The van der Waals surface area contributed by atoms with E-state index in [0.717, 1.165) is 25.9 Å². The summed E-state index contributed by atoms with van der Waals surface area (Å²) in [7, 11) is 1.81. The largest absolute Gasteiger partial charge is 0.340 e.